The Labute approximate surface area is 178 Å². The van der Waals surface area contributed by atoms with Crippen molar-refractivity contribution in [2.45, 2.75) is 6.92 Å². The Kier molecular flexibility index (Phi) is 6.67. The van der Waals surface area contributed by atoms with Crippen molar-refractivity contribution in [1.82, 2.24) is 0 Å². The van der Waals surface area contributed by atoms with Crippen molar-refractivity contribution in [1.29, 1.82) is 0 Å². The van der Waals surface area contributed by atoms with Gasteiger partial charge in [-0.2, -0.15) is 0 Å². The number of hydrogen-bond donors (Lipinski definition) is 1. The number of carbonyl (C=O) groups is 2. The van der Waals surface area contributed by atoms with E-state index in [9.17, 15) is 9.59 Å². The lowest BCUT2D eigenvalue weighted by atomic mass is 10.1. The largest absolute Gasteiger partial charge is 0.483 e. The number of benzene rings is 3. The maximum Gasteiger partial charge on any atom is 0.262 e. The van der Waals surface area contributed by atoms with Gasteiger partial charge >= 0.3 is 0 Å². The highest BCUT2D eigenvalue weighted by Crippen LogP contribution is 2.30. The summed E-state index contributed by atoms with van der Waals surface area (Å²) in [6.07, 6.45) is 0. The molecule has 29 heavy (non-hydrogen) atoms. The summed E-state index contributed by atoms with van der Waals surface area (Å²) in [4.78, 5) is 25.3. The molecule has 0 radical (unpaired) electrons. The van der Waals surface area contributed by atoms with Crippen molar-refractivity contribution in [2.75, 3.05) is 23.9 Å². The molecule has 0 unspecified atom stereocenters. The highest BCUT2D eigenvalue weighted by Gasteiger charge is 2.10. The number of carbonyl (C=O) groups excluding carboxylic acids is 2. The van der Waals surface area contributed by atoms with E-state index in [0.29, 0.717) is 17.1 Å². The van der Waals surface area contributed by atoms with Crippen LogP contribution in [0.15, 0.2) is 77.3 Å². The SMILES string of the molecule is CC(=O)N(C)c1cccc(NC(=O)COc2ccc(-c3ccccc3)cc2Br)c1. The van der Waals surface area contributed by atoms with Crippen LogP contribution in [0.25, 0.3) is 11.1 Å². The van der Waals surface area contributed by atoms with Gasteiger partial charge in [0, 0.05) is 25.3 Å². The van der Waals surface area contributed by atoms with Crippen LogP contribution in [0, 0.1) is 0 Å². The van der Waals surface area contributed by atoms with Crippen LogP contribution in [-0.2, 0) is 9.59 Å². The maximum atomic E-state index is 12.3. The van der Waals surface area contributed by atoms with E-state index in [-0.39, 0.29) is 18.4 Å². The average molecular weight is 453 g/mol. The Hall–Kier alpha value is -3.12. The molecule has 0 aliphatic carbocycles. The number of nitrogens with zero attached hydrogens (tertiary/aromatic N) is 1. The van der Waals surface area contributed by atoms with E-state index in [4.69, 9.17) is 4.74 Å². The van der Waals surface area contributed by atoms with E-state index in [1.165, 1.54) is 11.8 Å². The van der Waals surface area contributed by atoms with Crippen molar-refractivity contribution in [3.05, 3.63) is 77.3 Å². The van der Waals surface area contributed by atoms with Gasteiger partial charge in [0.2, 0.25) is 5.91 Å². The summed E-state index contributed by atoms with van der Waals surface area (Å²) in [5, 5.41) is 2.79. The fraction of sp³-hybridized carbons (Fsp3) is 0.130. The molecule has 0 fully saturated rings. The molecule has 0 atom stereocenters. The zero-order valence-electron chi connectivity index (χ0n) is 16.2. The highest BCUT2D eigenvalue weighted by molar-refractivity contribution is 9.10. The molecule has 1 N–H and O–H groups in total. The van der Waals surface area contributed by atoms with Gasteiger partial charge in [-0.1, -0.05) is 42.5 Å². The minimum atomic E-state index is -0.285. The molecule has 0 saturated heterocycles. The predicted octanol–water partition coefficient (Wildman–Crippen LogP) is 5.12. The first-order valence-corrected chi connectivity index (χ1v) is 9.85. The maximum absolute atomic E-state index is 12.3. The van der Waals surface area contributed by atoms with Crippen molar-refractivity contribution in [2.24, 2.45) is 0 Å². The van der Waals surface area contributed by atoms with E-state index in [2.05, 4.69) is 21.2 Å². The van der Waals surface area contributed by atoms with Crippen LogP contribution in [0.4, 0.5) is 11.4 Å². The Morgan fingerprint density at radius 3 is 2.41 bits per heavy atom. The third kappa shape index (κ3) is 5.45. The van der Waals surface area contributed by atoms with Crippen molar-refractivity contribution in [3.63, 3.8) is 0 Å². The number of rotatable bonds is 6. The van der Waals surface area contributed by atoms with Crippen molar-refractivity contribution < 1.29 is 14.3 Å². The summed E-state index contributed by atoms with van der Waals surface area (Å²) in [7, 11) is 1.68. The first kappa shape index (κ1) is 20.6. The molecular weight excluding hydrogens is 432 g/mol. The molecule has 3 rings (SSSR count). The number of anilines is 2. The molecule has 0 saturated carbocycles. The Bertz CT molecular complexity index is 1020. The van der Waals surface area contributed by atoms with Gasteiger partial charge in [-0.05, 0) is 57.4 Å². The number of hydrogen-bond acceptors (Lipinski definition) is 3. The summed E-state index contributed by atoms with van der Waals surface area (Å²) < 4.78 is 6.43. The van der Waals surface area contributed by atoms with Crippen LogP contribution in [0.3, 0.4) is 0 Å². The zero-order valence-corrected chi connectivity index (χ0v) is 17.8. The van der Waals surface area contributed by atoms with E-state index in [0.717, 1.165) is 15.6 Å². The summed E-state index contributed by atoms with van der Waals surface area (Å²) in [6, 6.07) is 22.9. The van der Waals surface area contributed by atoms with Crippen molar-refractivity contribution in [3.8, 4) is 16.9 Å². The number of ether oxygens (including phenoxy) is 1. The molecule has 148 valence electrons. The topological polar surface area (TPSA) is 58.6 Å². The molecule has 0 aromatic heterocycles. The minimum Gasteiger partial charge on any atom is -0.483 e. The average Bonchev–Trinajstić information content (AvgIpc) is 2.73. The third-order valence-electron chi connectivity index (χ3n) is 4.39. The number of amides is 2. The normalized spacial score (nSPS) is 10.3. The van der Waals surface area contributed by atoms with Crippen molar-refractivity contribution >= 4 is 39.1 Å². The van der Waals surface area contributed by atoms with Crippen LogP contribution in [-0.4, -0.2) is 25.5 Å². The van der Waals surface area contributed by atoms with Gasteiger partial charge < -0.3 is 15.0 Å². The van der Waals surface area contributed by atoms with Gasteiger partial charge in [0.1, 0.15) is 5.75 Å². The molecule has 6 heteroatoms. The number of nitrogens with one attached hydrogen (secondary N) is 1. The Morgan fingerprint density at radius 2 is 1.72 bits per heavy atom. The quantitative estimate of drug-likeness (QED) is 0.564. The summed E-state index contributed by atoms with van der Waals surface area (Å²) in [6.45, 7) is 1.36. The summed E-state index contributed by atoms with van der Waals surface area (Å²) in [5.41, 5.74) is 3.46. The molecule has 0 heterocycles. The molecule has 2 amide bonds. The van der Waals surface area contributed by atoms with Crippen LogP contribution in [0.1, 0.15) is 6.92 Å². The van der Waals surface area contributed by atoms with E-state index >= 15 is 0 Å². The van der Waals surface area contributed by atoms with Gasteiger partial charge in [-0.3, -0.25) is 9.59 Å². The second kappa shape index (κ2) is 9.39. The second-order valence-corrected chi connectivity index (χ2v) is 7.33. The smallest absolute Gasteiger partial charge is 0.262 e. The first-order chi connectivity index (χ1) is 13.9. The monoisotopic (exact) mass is 452 g/mol. The van der Waals surface area contributed by atoms with Gasteiger partial charge in [0.25, 0.3) is 5.91 Å². The lowest BCUT2D eigenvalue weighted by molar-refractivity contribution is -0.118. The molecule has 0 bridgehead atoms. The predicted molar refractivity (Wildman–Crippen MR) is 119 cm³/mol. The fourth-order valence-corrected chi connectivity index (χ4v) is 3.24. The van der Waals surface area contributed by atoms with Crippen LogP contribution in [0.5, 0.6) is 5.75 Å². The van der Waals surface area contributed by atoms with E-state index in [1.54, 1.807) is 31.3 Å². The summed E-state index contributed by atoms with van der Waals surface area (Å²) in [5.74, 6) is 0.220. The van der Waals surface area contributed by atoms with E-state index < -0.39 is 0 Å². The molecule has 0 spiro atoms. The Morgan fingerprint density at radius 1 is 0.966 bits per heavy atom. The molecule has 5 nitrogen and oxygen atoms in total. The first-order valence-electron chi connectivity index (χ1n) is 9.06. The molecule has 3 aromatic rings. The molecule has 0 aliphatic rings. The molecular formula is C23H21BrN2O3. The Balaban J connectivity index is 1.61. The second-order valence-electron chi connectivity index (χ2n) is 6.48. The fourth-order valence-electron chi connectivity index (χ4n) is 2.74. The standard InChI is InChI=1S/C23H21BrN2O3/c1-16(27)26(2)20-10-6-9-19(14-20)25-23(28)15-29-22-12-11-18(13-21(22)24)17-7-4-3-5-8-17/h3-14H,15H2,1-2H3,(H,25,28). The van der Waals surface area contributed by atoms with Crippen LogP contribution < -0.4 is 15.0 Å². The van der Waals surface area contributed by atoms with Gasteiger partial charge in [-0.25, -0.2) is 0 Å². The van der Waals surface area contributed by atoms with Crippen LogP contribution in [0.2, 0.25) is 0 Å². The summed E-state index contributed by atoms with van der Waals surface area (Å²) >= 11 is 3.51. The lowest BCUT2D eigenvalue weighted by Crippen LogP contribution is -2.23. The third-order valence-corrected chi connectivity index (χ3v) is 5.01. The highest BCUT2D eigenvalue weighted by atomic mass is 79.9. The van der Waals surface area contributed by atoms with E-state index in [1.807, 2.05) is 48.5 Å². The van der Waals surface area contributed by atoms with Crippen LogP contribution >= 0.6 is 15.9 Å². The number of halogens is 1. The lowest BCUT2D eigenvalue weighted by Gasteiger charge is -2.16. The molecule has 3 aromatic carbocycles. The molecule has 0 aliphatic heterocycles. The van der Waals surface area contributed by atoms with Gasteiger partial charge in [-0.15, -0.1) is 0 Å². The minimum absolute atomic E-state index is 0.0828. The zero-order chi connectivity index (χ0) is 20.8. The van der Waals surface area contributed by atoms with Gasteiger partial charge in [0.15, 0.2) is 6.61 Å². The van der Waals surface area contributed by atoms with Gasteiger partial charge in [0.05, 0.1) is 4.47 Å².